The highest BCUT2D eigenvalue weighted by Gasteiger charge is 2.16. The van der Waals surface area contributed by atoms with Gasteiger partial charge in [-0.25, -0.2) is 0 Å². The zero-order valence-corrected chi connectivity index (χ0v) is 48.3. The molecule has 0 aromatic rings. The quantitative estimate of drug-likeness (QED) is 0.0466. The second-order valence-electron chi connectivity index (χ2n) is 21.2. The highest BCUT2D eigenvalue weighted by Crippen LogP contribution is 2.24. The first-order valence-electron chi connectivity index (χ1n) is 31.3. The van der Waals surface area contributed by atoms with Crippen molar-refractivity contribution in [3.05, 3.63) is 0 Å². The summed E-state index contributed by atoms with van der Waals surface area (Å²) < 4.78 is 40.8. The summed E-state index contributed by atoms with van der Waals surface area (Å²) in [6, 6.07) is 0. The van der Waals surface area contributed by atoms with E-state index in [9.17, 15) is 9.59 Å². The van der Waals surface area contributed by atoms with Gasteiger partial charge in [0, 0.05) is 32.5 Å². The van der Waals surface area contributed by atoms with E-state index in [0.717, 1.165) is 89.9 Å². The Morgan fingerprint density at radius 2 is 0.708 bits per heavy atom. The van der Waals surface area contributed by atoms with Gasteiger partial charge >= 0.3 is 5.97 Å². The predicted molar refractivity (Wildman–Crippen MR) is 301 cm³/mol. The molecule has 430 valence electrons. The van der Waals surface area contributed by atoms with E-state index in [0.29, 0.717) is 90.8 Å². The first-order chi connectivity index (χ1) is 35.5. The van der Waals surface area contributed by atoms with Crippen LogP contribution in [0.3, 0.4) is 0 Å². The van der Waals surface area contributed by atoms with Gasteiger partial charge in [0.25, 0.3) is 0 Å². The molecule has 10 heteroatoms. The third-order valence-corrected chi connectivity index (χ3v) is 14.1. The number of Topliss-reactive ketones (excluding diaryl/α,β-unsaturated/α-hetero) is 1. The van der Waals surface area contributed by atoms with Crippen molar-refractivity contribution in [3.8, 4) is 0 Å². The lowest BCUT2D eigenvalue weighted by Crippen LogP contribution is -2.27. The maximum atomic E-state index is 13.1. The molecule has 0 fully saturated rings. The maximum Gasteiger partial charge on any atom is 0.306 e. The summed E-state index contributed by atoms with van der Waals surface area (Å²) in [6.45, 7) is 14.6. The lowest BCUT2D eigenvalue weighted by molar-refractivity contribution is -0.150. The largest absolute Gasteiger partial charge is 0.462 e. The van der Waals surface area contributed by atoms with Crippen LogP contribution in [0.5, 0.6) is 0 Å². The number of ether oxygens (including phenoxy) is 7. The number of aliphatic hydroxyl groups excluding tert-OH is 1. The van der Waals surface area contributed by atoms with Gasteiger partial charge in [-0.3, -0.25) is 9.59 Å². The number of aliphatic hydroxyl groups is 1. The molecule has 0 radical (unpaired) electrons. The van der Waals surface area contributed by atoms with Gasteiger partial charge in [0.2, 0.25) is 0 Å². The van der Waals surface area contributed by atoms with Crippen LogP contribution in [-0.2, 0) is 42.7 Å². The Morgan fingerprint density at radius 1 is 0.347 bits per heavy atom. The zero-order chi connectivity index (χ0) is 52.3. The van der Waals surface area contributed by atoms with Crippen molar-refractivity contribution >= 4 is 11.8 Å². The fourth-order valence-electron chi connectivity index (χ4n) is 9.52. The molecule has 72 heavy (non-hydrogen) atoms. The summed E-state index contributed by atoms with van der Waals surface area (Å²) in [7, 11) is 0. The third kappa shape index (κ3) is 55.1. The van der Waals surface area contributed by atoms with E-state index in [1.807, 2.05) is 0 Å². The highest BCUT2D eigenvalue weighted by molar-refractivity contribution is 5.78. The van der Waals surface area contributed by atoms with Crippen LogP contribution in [0.25, 0.3) is 0 Å². The second kappa shape index (κ2) is 60.7. The first-order valence-corrected chi connectivity index (χ1v) is 31.3. The summed E-state index contributed by atoms with van der Waals surface area (Å²) in [6.07, 6.45) is 48.1. The predicted octanol–water partition coefficient (Wildman–Crippen LogP) is 16.6. The third-order valence-electron chi connectivity index (χ3n) is 14.1. The number of ketones is 1. The van der Waals surface area contributed by atoms with Crippen molar-refractivity contribution in [2.24, 2.45) is 5.92 Å². The number of rotatable bonds is 63. The normalized spacial score (nSPS) is 12.2. The Morgan fingerprint density at radius 3 is 1.18 bits per heavy atom. The smallest absolute Gasteiger partial charge is 0.306 e. The van der Waals surface area contributed by atoms with Gasteiger partial charge in [0.1, 0.15) is 18.0 Å². The van der Waals surface area contributed by atoms with E-state index in [1.54, 1.807) is 0 Å². The molecule has 0 aliphatic heterocycles. The van der Waals surface area contributed by atoms with Gasteiger partial charge in [-0.15, -0.1) is 0 Å². The number of hydrogen-bond donors (Lipinski definition) is 1. The minimum absolute atomic E-state index is 0.00567. The molecule has 0 saturated carbocycles. The van der Waals surface area contributed by atoms with E-state index in [1.165, 1.54) is 167 Å². The monoisotopic (exact) mass is 1030 g/mol. The minimum Gasteiger partial charge on any atom is -0.462 e. The zero-order valence-electron chi connectivity index (χ0n) is 48.3. The molecule has 0 bridgehead atoms. The molecule has 0 aliphatic carbocycles. The Kier molecular flexibility index (Phi) is 59.8. The lowest BCUT2D eigenvalue weighted by Gasteiger charge is -2.19. The lowest BCUT2D eigenvalue weighted by atomic mass is 9.89. The summed E-state index contributed by atoms with van der Waals surface area (Å²) in [5.41, 5.74) is 0. The van der Waals surface area contributed by atoms with Gasteiger partial charge in [0.05, 0.1) is 66.1 Å². The number of unbranched alkanes of at least 4 members (excludes halogenated alkanes) is 28. The first kappa shape index (κ1) is 70.9. The Bertz CT molecular complexity index is 1030. The van der Waals surface area contributed by atoms with Gasteiger partial charge < -0.3 is 38.3 Å². The van der Waals surface area contributed by atoms with Gasteiger partial charge in [0.15, 0.2) is 0 Å². The van der Waals surface area contributed by atoms with Gasteiger partial charge in [-0.2, -0.15) is 0 Å². The summed E-state index contributed by atoms with van der Waals surface area (Å²) in [5, 5.41) is 8.79. The van der Waals surface area contributed by atoms with E-state index < -0.39 is 0 Å². The Hall–Kier alpha value is -1.14. The van der Waals surface area contributed by atoms with Crippen molar-refractivity contribution in [1.29, 1.82) is 0 Å². The van der Waals surface area contributed by atoms with E-state index in [2.05, 4.69) is 27.7 Å². The fourth-order valence-corrected chi connectivity index (χ4v) is 9.52. The molecule has 0 spiro atoms. The van der Waals surface area contributed by atoms with Crippen LogP contribution in [0.2, 0.25) is 0 Å². The summed E-state index contributed by atoms with van der Waals surface area (Å²) in [4.78, 5) is 25.9. The van der Waals surface area contributed by atoms with Crippen LogP contribution >= 0.6 is 0 Å². The van der Waals surface area contributed by atoms with Crippen molar-refractivity contribution in [2.45, 2.75) is 303 Å². The number of hydrogen-bond acceptors (Lipinski definition) is 10. The molecular formula is C62H122O10. The molecule has 10 nitrogen and oxygen atoms in total. The van der Waals surface area contributed by atoms with E-state index in [-0.39, 0.29) is 24.8 Å². The second-order valence-corrected chi connectivity index (χ2v) is 21.2. The van der Waals surface area contributed by atoms with Gasteiger partial charge in [-0.05, 0) is 57.3 Å². The minimum atomic E-state index is -0.137. The highest BCUT2D eigenvalue weighted by atomic mass is 16.6. The average Bonchev–Trinajstić information content (AvgIpc) is 3.38. The Balaban J connectivity index is 4.60. The van der Waals surface area contributed by atoms with Crippen LogP contribution in [-0.4, -0.2) is 108 Å². The van der Waals surface area contributed by atoms with E-state index >= 15 is 0 Å². The molecule has 0 saturated heterocycles. The average molecular weight is 1030 g/mol. The van der Waals surface area contributed by atoms with Crippen molar-refractivity contribution in [2.75, 3.05) is 79.3 Å². The molecule has 0 aromatic heterocycles. The van der Waals surface area contributed by atoms with Crippen LogP contribution in [0, 0.1) is 5.92 Å². The Labute approximate surface area is 446 Å². The maximum absolute atomic E-state index is 13.1. The molecule has 0 rings (SSSR count). The van der Waals surface area contributed by atoms with Crippen LogP contribution in [0.1, 0.15) is 291 Å². The molecule has 0 aromatic carbocycles. The van der Waals surface area contributed by atoms with E-state index in [4.69, 9.17) is 38.3 Å². The van der Waals surface area contributed by atoms with Crippen molar-refractivity contribution in [1.82, 2.24) is 0 Å². The molecule has 1 unspecified atom stereocenters. The molecular weight excluding hydrogens is 905 g/mol. The topological polar surface area (TPSA) is 119 Å². The number of carbonyl (C=O) groups is 2. The molecule has 0 aliphatic rings. The standard InChI is InChI=1S/C62H122O10/c1-5-9-13-17-23-31-39-58(40-32-24-18-14-10-6-2)55-59(64)41-33-25-21-30-38-47-71-61(57-70-54-53-68-52-51-67-50-49-66-48-45-63)56-69-46-37-29-22-28-36-44-62(65)72-60(42-34-26-19-15-11-7-3)43-35-27-20-16-12-8-4/h58,60-61,63H,5-57H2,1-4H3. The SMILES string of the molecule is CCCCCCCCC(CCCCCCCC)CC(=O)CCCCCCCOC(COCCCCCCCC(=O)OC(CCCCCCCC)CCCCCCCC)COCCOCCOCCOCCO. The summed E-state index contributed by atoms with van der Waals surface area (Å²) in [5.74, 6) is 1.06. The van der Waals surface area contributed by atoms with Crippen LogP contribution < -0.4 is 0 Å². The summed E-state index contributed by atoms with van der Waals surface area (Å²) >= 11 is 0. The number of carbonyl (C=O) groups excluding carboxylic acids is 2. The molecule has 1 N–H and O–H groups in total. The van der Waals surface area contributed by atoms with Crippen LogP contribution in [0.4, 0.5) is 0 Å². The van der Waals surface area contributed by atoms with Gasteiger partial charge in [-0.1, -0.05) is 220 Å². The molecule has 0 amide bonds. The molecule has 1 atom stereocenters. The number of esters is 1. The van der Waals surface area contributed by atoms with Crippen molar-refractivity contribution in [3.63, 3.8) is 0 Å². The fraction of sp³-hybridized carbons (Fsp3) is 0.968. The molecule has 0 heterocycles. The van der Waals surface area contributed by atoms with Crippen LogP contribution in [0.15, 0.2) is 0 Å². The van der Waals surface area contributed by atoms with Crippen molar-refractivity contribution < 1.29 is 47.9 Å².